The maximum atomic E-state index is 12.2. The second kappa shape index (κ2) is 9.64. The van der Waals surface area contributed by atoms with Gasteiger partial charge in [0, 0.05) is 30.5 Å². The lowest BCUT2D eigenvalue weighted by Gasteiger charge is -2.22. The molecule has 0 aromatic heterocycles. The molecule has 0 radical (unpaired) electrons. The van der Waals surface area contributed by atoms with Gasteiger partial charge in [0.2, 0.25) is 5.91 Å². The number of amides is 1. The van der Waals surface area contributed by atoms with E-state index in [1.54, 1.807) is 18.2 Å². The summed E-state index contributed by atoms with van der Waals surface area (Å²) in [6, 6.07) is 5.05. The van der Waals surface area contributed by atoms with E-state index >= 15 is 0 Å². The van der Waals surface area contributed by atoms with Gasteiger partial charge >= 0.3 is 5.97 Å². The predicted molar refractivity (Wildman–Crippen MR) is 93.9 cm³/mol. The molecule has 0 spiro atoms. The van der Waals surface area contributed by atoms with Crippen LogP contribution in [0.4, 0.5) is 5.69 Å². The van der Waals surface area contributed by atoms with Crippen molar-refractivity contribution < 1.29 is 19.1 Å². The van der Waals surface area contributed by atoms with E-state index < -0.39 is 5.97 Å². The molecular formula is C15H21ClN2O4S. The maximum absolute atomic E-state index is 12.2. The van der Waals surface area contributed by atoms with Crippen molar-refractivity contribution >= 4 is 41.7 Å². The third-order valence-corrected chi connectivity index (χ3v) is 4.47. The molecule has 6 nitrogen and oxygen atoms in total. The van der Waals surface area contributed by atoms with E-state index in [4.69, 9.17) is 9.47 Å². The minimum atomic E-state index is -0.513. The average molecular weight is 361 g/mol. The lowest BCUT2D eigenvalue weighted by atomic mass is 10.1. The Bertz CT molecular complexity index is 550. The number of carbonyl (C=O) groups excluding carboxylic acids is 2. The molecule has 1 heterocycles. The van der Waals surface area contributed by atoms with Crippen LogP contribution < -0.4 is 15.4 Å². The predicted octanol–water partition coefficient (Wildman–Crippen LogP) is 1.94. The number of thioether (sulfide) groups is 1. The number of nitrogens with one attached hydrogen (secondary N) is 2. The van der Waals surface area contributed by atoms with E-state index in [1.165, 1.54) is 14.2 Å². The molecule has 128 valence electrons. The highest BCUT2D eigenvalue weighted by Gasteiger charge is 2.19. The Labute approximate surface area is 146 Å². The Morgan fingerprint density at radius 3 is 2.78 bits per heavy atom. The van der Waals surface area contributed by atoms with Crippen LogP contribution in [0.25, 0.3) is 0 Å². The first kappa shape index (κ1) is 19.6. The van der Waals surface area contributed by atoms with Crippen molar-refractivity contribution in [2.75, 3.05) is 37.6 Å². The maximum Gasteiger partial charge on any atom is 0.340 e. The number of esters is 1. The third-order valence-electron chi connectivity index (χ3n) is 3.34. The van der Waals surface area contributed by atoms with Gasteiger partial charge in [0.25, 0.3) is 0 Å². The smallest absolute Gasteiger partial charge is 0.340 e. The van der Waals surface area contributed by atoms with Crippen molar-refractivity contribution in [3.63, 3.8) is 0 Å². The highest BCUT2D eigenvalue weighted by atomic mass is 35.5. The Hall–Kier alpha value is -1.44. The lowest BCUT2D eigenvalue weighted by molar-refractivity contribution is -0.116. The Balaban J connectivity index is 0.00000264. The first-order valence-corrected chi connectivity index (χ1v) is 8.17. The van der Waals surface area contributed by atoms with E-state index in [-0.39, 0.29) is 29.9 Å². The van der Waals surface area contributed by atoms with E-state index in [2.05, 4.69) is 10.6 Å². The number of methoxy groups -OCH3 is 2. The summed E-state index contributed by atoms with van der Waals surface area (Å²) >= 11 is 1.83. The molecule has 1 atom stereocenters. The number of rotatable bonds is 5. The van der Waals surface area contributed by atoms with Crippen molar-refractivity contribution in [2.45, 2.75) is 12.5 Å². The van der Waals surface area contributed by atoms with Gasteiger partial charge in [0.05, 0.1) is 25.5 Å². The van der Waals surface area contributed by atoms with Crippen LogP contribution in [-0.4, -0.2) is 50.2 Å². The molecule has 0 aliphatic carbocycles. The minimum Gasteiger partial charge on any atom is -0.497 e. The second-order valence-electron chi connectivity index (χ2n) is 4.88. The van der Waals surface area contributed by atoms with Crippen molar-refractivity contribution in [1.82, 2.24) is 5.32 Å². The fraction of sp³-hybridized carbons (Fsp3) is 0.467. The van der Waals surface area contributed by atoms with Gasteiger partial charge < -0.3 is 20.1 Å². The SMILES string of the molecule is COC(=O)c1cc(OC)ccc1NC(=O)CC1CSCCN1.Cl. The zero-order chi connectivity index (χ0) is 15.9. The van der Waals surface area contributed by atoms with Gasteiger partial charge in [-0.05, 0) is 18.2 Å². The highest BCUT2D eigenvalue weighted by Crippen LogP contribution is 2.23. The standard InChI is InChI=1S/C15H20N2O4S.ClH/c1-20-11-3-4-13(12(8-11)15(19)21-2)17-14(18)7-10-9-22-6-5-16-10;/h3-4,8,10,16H,5-7,9H2,1-2H3,(H,17,18);1H. The van der Waals surface area contributed by atoms with Crippen molar-refractivity contribution in [2.24, 2.45) is 0 Å². The first-order chi connectivity index (χ1) is 10.6. The number of halogens is 1. The molecular weight excluding hydrogens is 340 g/mol. The summed E-state index contributed by atoms with van der Waals surface area (Å²) in [5.41, 5.74) is 0.710. The van der Waals surface area contributed by atoms with Crippen LogP contribution in [0.5, 0.6) is 5.75 Å². The molecule has 0 bridgehead atoms. The Morgan fingerprint density at radius 2 is 2.17 bits per heavy atom. The van der Waals surface area contributed by atoms with Crippen LogP contribution in [0.15, 0.2) is 18.2 Å². The van der Waals surface area contributed by atoms with E-state index in [0.29, 0.717) is 17.9 Å². The third kappa shape index (κ3) is 5.60. The second-order valence-corrected chi connectivity index (χ2v) is 6.03. The largest absolute Gasteiger partial charge is 0.497 e. The van der Waals surface area contributed by atoms with Gasteiger partial charge in [-0.3, -0.25) is 4.79 Å². The Morgan fingerprint density at radius 1 is 1.39 bits per heavy atom. The number of hydrogen-bond acceptors (Lipinski definition) is 6. The monoisotopic (exact) mass is 360 g/mol. The fourth-order valence-electron chi connectivity index (χ4n) is 2.21. The van der Waals surface area contributed by atoms with Crippen LogP contribution in [0.2, 0.25) is 0 Å². The summed E-state index contributed by atoms with van der Waals surface area (Å²) in [5.74, 6) is 1.88. The number of anilines is 1. The summed E-state index contributed by atoms with van der Waals surface area (Å²) < 4.78 is 9.84. The van der Waals surface area contributed by atoms with Crippen molar-refractivity contribution in [3.8, 4) is 5.75 Å². The zero-order valence-electron chi connectivity index (χ0n) is 13.1. The molecule has 1 aliphatic heterocycles. The molecule has 1 aromatic rings. The number of carbonyl (C=O) groups is 2. The lowest BCUT2D eigenvalue weighted by Crippen LogP contribution is -2.40. The first-order valence-electron chi connectivity index (χ1n) is 7.01. The molecule has 0 saturated carbocycles. The summed E-state index contributed by atoms with van der Waals surface area (Å²) in [5, 5.41) is 6.09. The average Bonchev–Trinajstić information content (AvgIpc) is 2.55. The van der Waals surface area contributed by atoms with Crippen molar-refractivity contribution in [3.05, 3.63) is 23.8 Å². The topological polar surface area (TPSA) is 76.7 Å². The summed E-state index contributed by atoms with van der Waals surface area (Å²) in [6.07, 6.45) is 0.375. The van der Waals surface area contributed by atoms with Crippen LogP contribution in [0, 0.1) is 0 Å². The number of hydrogen-bond donors (Lipinski definition) is 2. The highest BCUT2D eigenvalue weighted by molar-refractivity contribution is 7.99. The van der Waals surface area contributed by atoms with Gasteiger partial charge in [-0.25, -0.2) is 4.79 Å². The molecule has 23 heavy (non-hydrogen) atoms. The molecule has 1 unspecified atom stereocenters. The van der Waals surface area contributed by atoms with Crippen LogP contribution in [0.3, 0.4) is 0 Å². The molecule has 8 heteroatoms. The van der Waals surface area contributed by atoms with Crippen LogP contribution in [0.1, 0.15) is 16.8 Å². The minimum absolute atomic E-state index is 0. The summed E-state index contributed by atoms with van der Waals surface area (Å²) in [4.78, 5) is 24.0. The normalized spacial score (nSPS) is 16.9. The van der Waals surface area contributed by atoms with E-state index in [0.717, 1.165) is 18.1 Å². The Kier molecular flexibility index (Phi) is 8.22. The van der Waals surface area contributed by atoms with Gasteiger partial charge in [-0.2, -0.15) is 11.8 Å². The molecule has 2 N–H and O–H groups in total. The van der Waals surface area contributed by atoms with Crippen LogP contribution in [-0.2, 0) is 9.53 Å². The molecule has 1 saturated heterocycles. The van der Waals surface area contributed by atoms with E-state index in [9.17, 15) is 9.59 Å². The fourth-order valence-corrected chi connectivity index (χ4v) is 3.16. The van der Waals surface area contributed by atoms with Gasteiger partial charge in [-0.15, -0.1) is 12.4 Å². The molecule has 2 rings (SSSR count). The molecule has 1 aromatic carbocycles. The zero-order valence-corrected chi connectivity index (χ0v) is 14.7. The number of ether oxygens (including phenoxy) is 2. The van der Waals surface area contributed by atoms with Gasteiger partial charge in [0.1, 0.15) is 5.75 Å². The number of benzene rings is 1. The summed E-state index contributed by atoms with van der Waals surface area (Å²) in [7, 11) is 2.82. The van der Waals surface area contributed by atoms with Gasteiger partial charge in [-0.1, -0.05) is 0 Å². The van der Waals surface area contributed by atoms with E-state index in [1.807, 2.05) is 11.8 Å². The van der Waals surface area contributed by atoms with Crippen molar-refractivity contribution in [1.29, 1.82) is 0 Å². The van der Waals surface area contributed by atoms with Gasteiger partial charge in [0.15, 0.2) is 0 Å². The molecule has 1 aliphatic rings. The molecule has 1 fully saturated rings. The quantitative estimate of drug-likeness (QED) is 0.781. The summed E-state index contributed by atoms with van der Waals surface area (Å²) in [6.45, 7) is 0.915. The van der Waals surface area contributed by atoms with Crippen LogP contribution >= 0.6 is 24.2 Å². The molecule has 1 amide bonds.